The van der Waals surface area contributed by atoms with Gasteiger partial charge in [-0.2, -0.15) is 0 Å². The molecule has 0 bridgehead atoms. The lowest BCUT2D eigenvalue weighted by Crippen LogP contribution is -2.19. The first-order valence-electron chi connectivity index (χ1n) is 7.70. The van der Waals surface area contributed by atoms with Gasteiger partial charge in [0.25, 0.3) is 0 Å². The first-order valence-corrected chi connectivity index (χ1v) is 7.70. The Balaban J connectivity index is 1.94. The van der Waals surface area contributed by atoms with Crippen LogP contribution in [0.2, 0.25) is 0 Å². The van der Waals surface area contributed by atoms with Gasteiger partial charge in [-0.05, 0) is 36.6 Å². The summed E-state index contributed by atoms with van der Waals surface area (Å²) in [5.41, 5.74) is 3.93. The summed E-state index contributed by atoms with van der Waals surface area (Å²) in [5.74, 6) is 0. The Bertz CT molecular complexity index is 487. The molecule has 2 rings (SSSR count). The Kier molecular flexibility index (Phi) is 5.82. The Hall–Kier alpha value is -1.60. The van der Waals surface area contributed by atoms with E-state index in [-0.39, 0.29) is 0 Å². The minimum absolute atomic E-state index is 0.427. The van der Waals surface area contributed by atoms with Crippen LogP contribution >= 0.6 is 0 Å². The zero-order valence-electron chi connectivity index (χ0n) is 12.6. The summed E-state index contributed by atoms with van der Waals surface area (Å²) < 4.78 is 0. The van der Waals surface area contributed by atoms with Gasteiger partial charge in [0.1, 0.15) is 0 Å². The fraction of sp³-hybridized carbons (Fsp3) is 0.368. The molecule has 0 spiro atoms. The van der Waals surface area contributed by atoms with E-state index in [0.29, 0.717) is 6.04 Å². The van der Waals surface area contributed by atoms with Crippen molar-refractivity contribution >= 4 is 0 Å². The normalized spacial score (nSPS) is 12.3. The molecule has 0 heterocycles. The maximum atomic E-state index is 3.59. The lowest BCUT2D eigenvalue weighted by molar-refractivity contribution is 0.544. The topological polar surface area (TPSA) is 12.0 Å². The lowest BCUT2D eigenvalue weighted by Gasteiger charge is -2.14. The quantitative estimate of drug-likeness (QED) is 0.680. The monoisotopic (exact) mass is 267 g/mol. The Morgan fingerprint density at radius 3 is 2.15 bits per heavy atom. The molecular weight excluding hydrogens is 242 g/mol. The molecule has 0 radical (unpaired) electrons. The molecular formula is C19H25N. The molecule has 0 saturated heterocycles. The molecule has 0 aliphatic carbocycles. The van der Waals surface area contributed by atoms with E-state index in [0.717, 1.165) is 6.54 Å². The summed E-state index contributed by atoms with van der Waals surface area (Å²) in [6, 6.07) is 19.9. The third-order valence-electron chi connectivity index (χ3n) is 3.75. The van der Waals surface area contributed by atoms with Crippen LogP contribution in [0.4, 0.5) is 0 Å². The van der Waals surface area contributed by atoms with E-state index in [1.165, 1.54) is 36.0 Å². The van der Waals surface area contributed by atoms with Crippen molar-refractivity contribution in [1.82, 2.24) is 5.32 Å². The molecule has 1 N–H and O–H groups in total. The molecule has 2 aromatic rings. The molecule has 0 aliphatic heterocycles. The number of hydrogen-bond donors (Lipinski definition) is 1. The van der Waals surface area contributed by atoms with Crippen LogP contribution in [0, 0.1) is 0 Å². The van der Waals surface area contributed by atoms with Crippen molar-refractivity contribution in [2.45, 2.75) is 39.2 Å². The molecule has 0 aromatic heterocycles. The van der Waals surface area contributed by atoms with Gasteiger partial charge in [-0.15, -0.1) is 0 Å². The van der Waals surface area contributed by atoms with E-state index in [1.54, 1.807) is 0 Å². The predicted molar refractivity (Wildman–Crippen MR) is 87.8 cm³/mol. The maximum Gasteiger partial charge on any atom is 0.0291 e. The predicted octanol–water partition coefficient (Wildman–Crippen LogP) is 5.19. The zero-order valence-corrected chi connectivity index (χ0v) is 12.6. The van der Waals surface area contributed by atoms with Gasteiger partial charge in [0.15, 0.2) is 0 Å². The smallest absolute Gasteiger partial charge is 0.0291 e. The van der Waals surface area contributed by atoms with Crippen LogP contribution in [-0.2, 0) is 0 Å². The minimum atomic E-state index is 0.427. The molecule has 0 saturated carbocycles. The van der Waals surface area contributed by atoms with E-state index in [9.17, 15) is 0 Å². The molecule has 2 aromatic carbocycles. The maximum absolute atomic E-state index is 3.59. The van der Waals surface area contributed by atoms with Crippen LogP contribution in [0.3, 0.4) is 0 Å². The molecule has 0 fully saturated rings. The Labute approximate surface area is 123 Å². The van der Waals surface area contributed by atoms with Gasteiger partial charge >= 0.3 is 0 Å². The largest absolute Gasteiger partial charge is 0.310 e. The van der Waals surface area contributed by atoms with Gasteiger partial charge < -0.3 is 5.32 Å². The summed E-state index contributed by atoms with van der Waals surface area (Å²) in [5, 5.41) is 3.59. The van der Waals surface area contributed by atoms with Gasteiger partial charge in [0, 0.05) is 6.04 Å². The summed E-state index contributed by atoms with van der Waals surface area (Å²) in [7, 11) is 0. The highest BCUT2D eigenvalue weighted by Crippen LogP contribution is 2.21. The number of benzene rings is 2. The summed E-state index contributed by atoms with van der Waals surface area (Å²) >= 11 is 0. The molecule has 1 unspecified atom stereocenters. The standard InChI is InChI=1S/C19H25N/c1-3-4-8-15-20-16(2)17-11-13-19(14-12-17)18-9-6-5-7-10-18/h5-7,9-14,16,20H,3-4,8,15H2,1-2H3. The molecule has 0 aliphatic rings. The van der Waals surface area contributed by atoms with Gasteiger partial charge in [0.05, 0.1) is 0 Å². The van der Waals surface area contributed by atoms with Crippen LogP contribution in [0.5, 0.6) is 0 Å². The number of unbranched alkanes of at least 4 members (excludes halogenated alkanes) is 2. The third-order valence-corrected chi connectivity index (χ3v) is 3.75. The summed E-state index contributed by atoms with van der Waals surface area (Å²) in [4.78, 5) is 0. The molecule has 20 heavy (non-hydrogen) atoms. The van der Waals surface area contributed by atoms with Crippen molar-refractivity contribution in [1.29, 1.82) is 0 Å². The molecule has 106 valence electrons. The SMILES string of the molecule is CCCCCNC(C)c1ccc(-c2ccccc2)cc1. The lowest BCUT2D eigenvalue weighted by atomic mass is 10.0. The van der Waals surface area contributed by atoms with Crippen LogP contribution in [0.25, 0.3) is 11.1 Å². The fourth-order valence-corrected chi connectivity index (χ4v) is 2.41. The van der Waals surface area contributed by atoms with Crippen molar-refractivity contribution in [3.8, 4) is 11.1 Å². The van der Waals surface area contributed by atoms with Crippen LogP contribution < -0.4 is 5.32 Å². The molecule has 1 atom stereocenters. The first-order chi connectivity index (χ1) is 9.81. The fourth-order valence-electron chi connectivity index (χ4n) is 2.41. The van der Waals surface area contributed by atoms with E-state index >= 15 is 0 Å². The number of hydrogen-bond acceptors (Lipinski definition) is 1. The Morgan fingerprint density at radius 2 is 1.50 bits per heavy atom. The second-order valence-electron chi connectivity index (χ2n) is 5.37. The number of rotatable bonds is 7. The minimum Gasteiger partial charge on any atom is -0.310 e. The van der Waals surface area contributed by atoms with Crippen LogP contribution in [0.15, 0.2) is 54.6 Å². The van der Waals surface area contributed by atoms with Gasteiger partial charge in [-0.25, -0.2) is 0 Å². The molecule has 1 nitrogen and oxygen atoms in total. The van der Waals surface area contributed by atoms with Crippen molar-refractivity contribution in [3.63, 3.8) is 0 Å². The Morgan fingerprint density at radius 1 is 0.850 bits per heavy atom. The van der Waals surface area contributed by atoms with Crippen molar-refractivity contribution in [2.24, 2.45) is 0 Å². The number of nitrogens with one attached hydrogen (secondary N) is 1. The second-order valence-corrected chi connectivity index (χ2v) is 5.37. The van der Waals surface area contributed by atoms with E-state index in [1.807, 2.05) is 0 Å². The van der Waals surface area contributed by atoms with Crippen molar-refractivity contribution in [2.75, 3.05) is 6.54 Å². The van der Waals surface area contributed by atoms with Crippen molar-refractivity contribution < 1.29 is 0 Å². The van der Waals surface area contributed by atoms with Crippen molar-refractivity contribution in [3.05, 3.63) is 60.2 Å². The van der Waals surface area contributed by atoms with Gasteiger partial charge in [-0.3, -0.25) is 0 Å². The first kappa shape index (κ1) is 14.8. The average molecular weight is 267 g/mol. The molecule has 0 amide bonds. The zero-order chi connectivity index (χ0) is 14.2. The highest BCUT2D eigenvalue weighted by Gasteiger charge is 2.04. The highest BCUT2D eigenvalue weighted by molar-refractivity contribution is 5.63. The van der Waals surface area contributed by atoms with E-state index in [2.05, 4.69) is 73.8 Å². The highest BCUT2D eigenvalue weighted by atomic mass is 14.9. The molecule has 1 heteroatoms. The van der Waals surface area contributed by atoms with E-state index < -0.39 is 0 Å². The third kappa shape index (κ3) is 4.21. The van der Waals surface area contributed by atoms with Gasteiger partial charge in [0.2, 0.25) is 0 Å². The van der Waals surface area contributed by atoms with Crippen LogP contribution in [-0.4, -0.2) is 6.54 Å². The second kappa shape index (κ2) is 7.86. The summed E-state index contributed by atoms with van der Waals surface area (Å²) in [6.45, 7) is 5.59. The van der Waals surface area contributed by atoms with Gasteiger partial charge in [-0.1, -0.05) is 74.4 Å². The van der Waals surface area contributed by atoms with Crippen LogP contribution in [0.1, 0.15) is 44.7 Å². The average Bonchev–Trinajstić information content (AvgIpc) is 2.52. The van der Waals surface area contributed by atoms with E-state index in [4.69, 9.17) is 0 Å². The summed E-state index contributed by atoms with van der Waals surface area (Å²) in [6.07, 6.45) is 3.86.